The van der Waals surface area contributed by atoms with Crippen LogP contribution in [0.5, 0.6) is 0 Å². The second-order valence-electron chi connectivity index (χ2n) is 4.89. The molecule has 6 heteroatoms. The van der Waals surface area contributed by atoms with Crippen molar-refractivity contribution >= 4 is 15.7 Å². The van der Waals surface area contributed by atoms with E-state index in [9.17, 15) is 17.6 Å². The second-order valence-corrected chi connectivity index (χ2v) is 7.11. The van der Waals surface area contributed by atoms with E-state index in [2.05, 4.69) is 5.32 Å². The monoisotopic (exact) mass is 285 g/mol. The number of hydrogen-bond acceptors (Lipinski definition) is 3. The average Bonchev–Trinajstić information content (AvgIpc) is 2.31. The number of amides is 1. The SMILES string of the molecule is Cc1ccc(F)cc1C(=O)NC1CCCS(=O)(=O)C1. The summed E-state index contributed by atoms with van der Waals surface area (Å²) in [6.07, 6.45) is 1.19. The van der Waals surface area contributed by atoms with Crippen molar-refractivity contribution in [2.45, 2.75) is 25.8 Å². The van der Waals surface area contributed by atoms with Gasteiger partial charge in [-0.2, -0.15) is 0 Å². The van der Waals surface area contributed by atoms with Gasteiger partial charge >= 0.3 is 0 Å². The Morgan fingerprint density at radius 3 is 2.84 bits per heavy atom. The van der Waals surface area contributed by atoms with Crippen LogP contribution in [-0.2, 0) is 9.84 Å². The van der Waals surface area contributed by atoms with Crippen LogP contribution in [0.4, 0.5) is 4.39 Å². The topological polar surface area (TPSA) is 63.2 Å². The molecule has 1 N–H and O–H groups in total. The van der Waals surface area contributed by atoms with Gasteiger partial charge in [0.15, 0.2) is 9.84 Å². The molecular formula is C13H16FNO3S. The van der Waals surface area contributed by atoms with E-state index in [0.29, 0.717) is 18.4 Å². The summed E-state index contributed by atoms with van der Waals surface area (Å²) >= 11 is 0. The zero-order valence-electron chi connectivity index (χ0n) is 10.6. The van der Waals surface area contributed by atoms with Crippen molar-refractivity contribution in [1.29, 1.82) is 0 Å². The summed E-state index contributed by atoms with van der Waals surface area (Å²) in [4.78, 5) is 12.0. The van der Waals surface area contributed by atoms with Gasteiger partial charge in [0.1, 0.15) is 5.82 Å². The van der Waals surface area contributed by atoms with Crippen LogP contribution >= 0.6 is 0 Å². The number of carbonyl (C=O) groups is 1. The highest BCUT2D eigenvalue weighted by Gasteiger charge is 2.26. The number of rotatable bonds is 2. The van der Waals surface area contributed by atoms with Crippen LogP contribution in [0.25, 0.3) is 0 Å². The Kier molecular flexibility index (Phi) is 3.89. The Labute approximate surface area is 111 Å². The fourth-order valence-corrected chi connectivity index (χ4v) is 3.87. The molecule has 1 aliphatic rings. The zero-order valence-corrected chi connectivity index (χ0v) is 11.5. The van der Waals surface area contributed by atoms with Gasteiger partial charge in [-0.3, -0.25) is 4.79 Å². The molecule has 1 aromatic carbocycles. The molecule has 0 aliphatic carbocycles. The number of carbonyl (C=O) groups excluding carboxylic acids is 1. The van der Waals surface area contributed by atoms with E-state index in [-0.39, 0.29) is 23.1 Å². The predicted molar refractivity (Wildman–Crippen MR) is 70.3 cm³/mol. The highest BCUT2D eigenvalue weighted by Crippen LogP contribution is 2.14. The van der Waals surface area contributed by atoms with E-state index in [4.69, 9.17) is 0 Å². The van der Waals surface area contributed by atoms with Crippen LogP contribution in [0, 0.1) is 12.7 Å². The number of halogens is 1. The molecule has 1 unspecified atom stereocenters. The van der Waals surface area contributed by atoms with Crippen LogP contribution in [0.2, 0.25) is 0 Å². The third-order valence-electron chi connectivity index (χ3n) is 3.24. The largest absolute Gasteiger partial charge is 0.348 e. The minimum atomic E-state index is -3.07. The molecule has 0 radical (unpaired) electrons. The van der Waals surface area contributed by atoms with E-state index in [0.717, 1.165) is 0 Å². The van der Waals surface area contributed by atoms with Gasteiger partial charge in [-0.15, -0.1) is 0 Å². The number of aryl methyl sites for hydroxylation is 1. The molecule has 1 amide bonds. The van der Waals surface area contributed by atoms with E-state index in [1.165, 1.54) is 18.2 Å². The molecule has 4 nitrogen and oxygen atoms in total. The van der Waals surface area contributed by atoms with Crippen molar-refractivity contribution in [2.24, 2.45) is 0 Å². The lowest BCUT2D eigenvalue weighted by atomic mass is 10.1. The van der Waals surface area contributed by atoms with Gasteiger partial charge in [0.2, 0.25) is 0 Å². The Morgan fingerprint density at radius 2 is 2.16 bits per heavy atom. The molecule has 1 aromatic rings. The maximum atomic E-state index is 13.1. The van der Waals surface area contributed by atoms with Crippen LogP contribution < -0.4 is 5.32 Å². The maximum Gasteiger partial charge on any atom is 0.251 e. The summed E-state index contributed by atoms with van der Waals surface area (Å²) in [5.74, 6) is -0.753. The molecule has 1 saturated heterocycles. The Morgan fingerprint density at radius 1 is 1.42 bits per heavy atom. The fourth-order valence-electron chi connectivity index (χ4n) is 2.24. The third kappa shape index (κ3) is 3.53. The van der Waals surface area contributed by atoms with Gasteiger partial charge in [0.05, 0.1) is 11.5 Å². The number of nitrogens with one attached hydrogen (secondary N) is 1. The van der Waals surface area contributed by atoms with Crippen molar-refractivity contribution in [3.63, 3.8) is 0 Å². The molecule has 0 aromatic heterocycles. The smallest absolute Gasteiger partial charge is 0.251 e. The van der Waals surface area contributed by atoms with Crippen molar-refractivity contribution in [1.82, 2.24) is 5.32 Å². The molecule has 2 rings (SSSR count). The molecule has 1 atom stereocenters. The molecule has 19 heavy (non-hydrogen) atoms. The lowest BCUT2D eigenvalue weighted by Gasteiger charge is -2.23. The summed E-state index contributed by atoms with van der Waals surface area (Å²) in [6.45, 7) is 1.71. The van der Waals surface area contributed by atoms with E-state index < -0.39 is 21.6 Å². The molecule has 1 aliphatic heterocycles. The fraction of sp³-hybridized carbons (Fsp3) is 0.462. The quantitative estimate of drug-likeness (QED) is 0.894. The van der Waals surface area contributed by atoms with Crippen molar-refractivity contribution < 1.29 is 17.6 Å². The summed E-state index contributed by atoms with van der Waals surface area (Å²) in [7, 11) is -3.07. The van der Waals surface area contributed by atoms with Gasteiger partial charge in [-0.1, -0.05) is 6.07 Å². The van der Waals surface area contributed by atoms with E-state index in [1.54, 1.807) is 6.92 Å². The minimum absolute atomic E-state index is 0.0346. The first-order chi connectivity index (χ1) is 8.87. The predicted octanol–water partition coefficient (Wildman–Crippen LogP) is 1.44. The van der Waals surface area contributed by atoms with Gasteiger partial charge in [0.25, 0.3) is 5.91 Å². The summed E-state index contributed by atoms with van der Waals surface area (Å²) in [5.41, 5.74) is 0.917. The minimum Gasteiger partial charge on any atom is -0.348 e. The molecule has 1 heterocycles. The lowest BCUT2D eigenvalue weighted by molar-refractivity contribution is 0.0937. The van der Waals surface area contributed by atoms with Crippen molar-refractivity contribution in [3.8, 4) is 0 Å². The number of hydrogen-bond donors (Lipinski definition) is 1. The normalized spacial score (nSPS) is 21.9. The average molecular weight is 285 g/mol. The van der Waals surface area contributed by atoms with Crippen molar-refractivity contribution in [2.75, 3.05) is 11.5 Å². The molecule has 0 spiro atoms. The molecule has 1 fully saturated rings. The van der Waals surface area contributed by atoms with Gasteiger partial charge in [-0.25, -0.2) is 12.8 Å². The summed E-state index contributed by atoms with van der Waals surface area (Å²) in [6, 6.07) is 3.61. The maximum absolute atomic E-state index is 13.1. The molecule has 0 saturated carbocycles. The zero-order chi connectivity index (χ0) is 14.0. The summed E-state index contributed by atoms with van der Waals surface area (Å²) in [5, 5.41) is 2.67. The Bertz CT molecular complexity index is 598. The first-order valence-corrected chi connectivity index (χ1v) is 7.97. The first-order valence-electron chi connectivity index (χ1n) is 6.15. The Hall–Kier alpha value is -1.43. The van der Waals surface area contributed by atoms with Gasteiger partial charge < -0.3 is 5.32 Å². The van der Waals surface area contributed by atoms with Gasteiger partial charge in [0, 0.05) is 11.6 Å². The highest BCUT2D eigenvalue weighted by molar-refractivity contribution is 7.91. The second kappa shape index (κ2) is 5.28. The lowest BCUT2D eigenvalue weighted by Crippen LogP contribution is -2.43. The summed E-state index contributed by atoms with van der Waals surface area (Å²) < 4.78 is 36.1. The molecular weight excluding hydrogens is 269 g/mol. The van der Waals surface area contributed by atoms with Crippen LogP contribution in [0.3, 0.4) is 0 Å². The van der Waals surface area contributed by atoms with Crippen LogP contribution in [0.1, 0.15) is 28.8 Å². The number of benzene rings is 1. The third-order valence-corrected chi connectivity index (χ3v) is 5.06. The Balaban J connectivity index is 2.11. The van der Waals surface area contributed by atoms with Crippen molar-refractivity contribution in [3.05, 3.63) is 35.1 Å². The standard InChI is InChI=1S/C13H16FNO3S/c1-9-4-5-10(14)7-12(9)13(16)15-11-3-2-6-19(17,18)8-11/h4-5,7,11H,2-3,6,8H2,1H3,(H,15,16). The highest BCUT2D eigenvalue weighted by atomic mass is 32.2. The number of sulfone groups is 1. The molecule has 104 valence electrons. The first kappa shape index (κ1) is 14.0. The van der Waals surface area contributed by atoms with E-state index >= 15 is 0 Å². The van der Waals surface area contributed by atoms with Crippen LogP contribution in [0.15, 0.2) is 18.2 Å². The molecule has 0 bridgehead atoms. The van der Waals surface area contributed by atoms with E-state index in [1.807, 2.05) is 0 Å². The van der Waals surface area contributed by atoms with Crippen LogP contribution in [-0.4, -0.2) is 31.9 Å². The van der Waals surface area contributed by atoms with Gasteiger partial charge in [-0.05, 0) is 37.5 Å².